The fourth-order valence-corrected chi connectivity index (χ4v) is 4.88. The van der Waals surface area contributed by atoms with Crippen molar-refractivity contribution in [2.45, 2.75) is 30.5 Å². The van der Waals surface area contributed by atoms with Crippen LogP contribution < -0.4 is 5.32 Å². The maximum absolute atomic E-state index is 13.8. The molecule has 200 valence electrons. The van der Waals surface area contributed by atoms with Gasteiger partial charge in [-0.05, 0) is 64.2 Å². The Morgan fingerprint density at radius 2 is 1.81 bits per heavy atom. The van der Waals surface area contributed by atoms with Gasteiger partial charge in [-0.25, -0.2) is 0 Å². The van der Waals surface area contributed by atoms with Gasteiger partial charge in [-0.2, -0.15) is 13.2 Å². The number of ether oxygens (including phenoxy) is 1. The predicted octanol–water partition coefficient (Wildman–Crippen LogP) is 7.14. The summed E-state index contributed by atoms with van der Waals surface area (Å²) in [5, 5.41) is 2.62. The number of methoxy groups -OCH3 is 1. The monoisotopic (exact) mass is 640 g/mol. The van der Waals surface area contributed by atoms with Gasteiger partial charge in [-0.3, -0.25) is 9.59 Å². The molecule has 1 atom stereocenters. The maximum atomic E-state index is 13.8. The van der Waals surface area contributed by atoms with Gasteiger partial charge in [-0.15, -0.1) is 0 Å². The van der Waals surface area contributed by atoms with Crippen molar-refractivity contribution >= 4 is 68.6 Å². The molecule has 0 radical (unpaired) electrons. The Kier molecular flexibility index (Phi) is 9.61. The summed E-state index contributed by atoms with van der Waals surface area (Å²) in [4.78, 5) is 27.2. The van der Waals surface area contributed by atoms with E-state index < -0.39 is 23.5 Å². The number of benzene rings is 2. The average molecular weight is 643 g/mol. The van der Waals surface area contributed by atoms with Gasteiger partial charge in [-0.1, -0.05) is 53.0 Å². The number of nitrogens with one attached hydrogen (secondary N) is 1. The van der Waals surface area contributed by atoms with Crippen LogP contribution in [0.25, 0.3) is 6.08 Å². The van der Waals surface area contributed by atoms with Gasteiger partial charge in [0.1, 0.15) is 5.54 Å². The largest absolute Gasteiger partial charge is 0.399 e. The number of rotatable bonds is 9. The number of nitrogens with zero attached hydrogens (tertiary/aromatic N) is 1. The lowest BCUT2D eigenvalue weighted by atomic mass is 9.97. The molecule has 37 heavy (non-hydrogen) atoms. The molecule has 1 unspecified atom stereocenters. The Labute approximate surface area is 236 Å². The van der Waals surface area contributed by atoms with Crippen LogP contribution in [0.2, 0.25) is 15.1 Å². The summed E-state index contributed by atoms with van der Waals surface area (Å²) in [6.45, 7) is 0.769. The molecule has 12 heteroatoms. The van der Waals surface area contributed by atoms with E-state index in [1.54, 1.807) is 7.05 Å². The zero-order valence-corrected chi connectivity index (χ0v) is 23.6. The van der Waals surface area contributed by atoms with Crippen LogP contribution in [0.5, 0.6) is 0 Å². The number of hydrogen-bond acceptors (Lipinski definition) is 3. The third-order valence-electron chi connectivity index (χ3n) is 5.93. The Bertz CT molecular complexity index is 1200. The smallest absolute Gasteiger partial charge is 0.383 e. The van der Waals surface area contributed by atoms with Gasteiger partial charge in [0.25, 0.3) is 5.91 Å². The van der Waals surface area contributed by atoms with Crippen LogP contribution in [0.15, 0.2) is 40.9 Å². The van der Waals surface area contributed by atoms with Crippen molar-refractivity contribution in [3.63, 3.8) is 0 Å². The van der Waals surface area contributed by atoms with Crippen LogP contribution in [0.4, 0.5) is 13.2 Å². The van der Waals surface area contributed by atoms with Crippen molar-refractivity contribution in [3.8, 4) is 0 Å². The van der Waals surface area contributed by atoms with Crippen LogP contribution >= 0.6 is 50.7 Å². The second-order valence-corrected chi connectivity index (χ2v) is 10.7. The summed E-state index contributed by atoms with van der Waals surface area (Å²) in [5.74, 6) is -2.65. The van der Waals surface area contributed by atoms with Gasteiger partial charge < -0.3 is 15.0 Å². The van der Waals surface area contributed by atoms with Crippen molar-refractivity contribution in [3.05, 3.63) is 72.6 Å². The van der Waals surface area contributed by atoms with E-state index in [9.17, 15) is 22.8 Å². The predicted molar refractivity (Wildman–Crippen MR) is 142 cm³/mol. The first-order valence-electron chi connectivity index (χ1n) is 11.0. The lowest BCUT2D eigenvalue weighted by molar-refractivity contribution is -0.139. The molecule has 1 aliphatic rings. The van der Waals surface area contributed by atoms with E-state index in [-0.39, 0.29) is 32.1 Å². The molecule has 0 aliphatic heterocycles. The summed E-state index contributed by atoms with van der Waals surface area (Å²) < 4.78 is 46.8. The third kappa shape index (κ3) is 7.20. The van der Waals surface area contributed by atoms with Crippen LogP contribution in [-0.2, 0) is 9.53 Å². The molecule has 3 rings (SSSR count). The van der Waals surface area contributed by atoms with Gasteiger partial charge in [0.15, 0.2) is 0 Å². The number of allylic oxidation sites excluding steroid dienone is 1. The van der Waals surface area contributed by atoms with E-state index in [2.05, 4.69) is 21.2 Å². The number of carbonyl (C=O) groups excluding carboxylic acids is 2. The highest BCUT2D eigenvalue weighted by atomic mass is 79.9. The number of hydrogen-bond donors (Lipinski definition) is 1. The molecule has 5 nitrogen and oxygen atoms in total. The number of amides is 2. The number of halogens is 7. The van der Waals surface area contributed by atoms with Crippen molar-refractivity contribution in [1.29, 1.82) is 0 Å². The minimum atomic E-state index is -4.62. The Hall–Kier alpha value is -1.78. The standard InChI is InChI=1S/C25H23BrCl3F3N2O3/c1-34(9-10-37-2)23(36)24(7-8-24)33-22(35)16-5-3-14(11-18(16)26)4-6-17(25(30,31)32)15-12-19(27)21(29)20(28)13-15/h3-6,11-13,17H,7-10H2,1-2H3,(H,33,35). The first-order valence-corrected chi connectivity index (χ1v) is 13.0. The van der Waals surface area contributed by atoms with Gasteiger partial charge in [0, 0.05) is 25.2 Å². The van der Waals surface area contributed by atoms with Crippen molar-refractivity contribution in [2.75, 3.05) is 27.3 Å². The highest BCUT2D eigenvalue weighted by Crippen LogP contribution is 2.41. The quantitative estimate of drug-likeness (QED) is 0.296. The molecule has 2 amide bonds. The lowest BCUT2D eigenvalue weighted by Crippen LogP contribution is -2.50. The zero-order chi connectivity index (χ0) is 27.5. The topological polar surface area (TPSA) is 58.6 Å². The highest BCUT2D eigenvalue weighted by molar-refractivity contribution is 9.10. The summed E-state index contributed by atoms with van der Waals surface area (Å²) in [5.41, 5.74) is -0.452. The van der Waals surface area contributed by atoms with E-state index in [0.29, 0.717) is 36.0 Å². The third-order valence-corrected chi connectivity index (χ3v) is 7.78. The second-order valence-electron chi connectivity index (χ2n) is 8.67. The molecule has 0 spiro atoms. The van der Waals surface area contributed by atoms with Crippen LogP contribution in [0.3, 0.4) is 0 Å². The molecule has 0 heterocycles. The molecule has 1 fully saturated rings. The normalized spacial score (nSPS) is 15.5. The lowest BCUT2D eigenvalue weighted by Gasteiger charge is -2.24. The van der Waals surface area contributed by atoms with Gasteiger partial charge in [0.05, 0.1) is 33.2 Å². The molecule has 2 aromatic carbocycles. The van der Waals surface area contributed by atoms with E-state index in [1.807, 2.05) is 0 Å². The van der Waals surface area contributed by atoms with Crippen LogP contribution in [-0.4, -0.2) is 55.7 Å². The van der Waals surface area contributed by atoms with E-state index in [1.165, 1.54) is 36.3 Å². The van der Waals surface area contributed by atoms with E-state index in [4.69, 9.17) is 39.5 Å². The van der Waals surface area contributed by atoms with Crippen molar-refractivity contribution < 1.29 is 27.5 Å². The minimum Gasteiger partial charge on any atom is -0.383 e. The summed E-state index contributed by atoms with van der Waals surface area (Å²) >= 11 is 21.0. The zero-order valence-electron chi connectivity index (χ0n) is 19.8. The fourth-order valence-electron chi connectivity index (χ4n) is 3.69. The van der Waals surface area contributed by atoms with E-state index >= 15 is 0 Å². The number of alkyl halides is 3. The molecule has 1 aliphatic carbocycles. The second kappa shape index (κ2) is 11.9. The summed E-state index contributed by atoms with van der Waals surface area (Å²) in [7, 11) is 3.18. The SMILES string of the molecule is COCCN(C)C(=O)C1(NC(=O)c2ccc(C=CC(c3cc(Cl)c(Cl)c(Cl)c3)C(F)(F)F)cc2Br)CC1. The molecule has 1 saturated carbocycles. The van der Waals surface area contributed by atoms with E-state index in [0.717, 1.165) is 18.2 Å². The number of likely N-dealkylation sites (N-methyl/N-ethyl adjacent to an activating group) is 1. The van der Waals surface area contributed by atoms with Gasteiger partial charge >= 0.3 is 6.18 Å². The number of carbonyl (C=O) groups is 2. The molecule has 0 bridgehead atoms. The summed E-state index contributed by atoms with van der Waals surface area (Å²) in [6.07, 6.45) is -1.31. The van der Waals surface area contributed by atoms with Crippen molar-refractivity contribution in [1.82, 2.24) is 10.2 Å². The highest BCUT2D eigenvalue weighted by Gasteiger charge is 2.52. The Morgan fingerprint density at radius 3 is 2.32 bits per heavy atom. The molecule has 0 saturated heterocycles. The molecule has 2 aromatic rings. The van der Waals surface area contributed by atoms with Crippen LogP contribution in [0.1, 0.15) is 40.2 Å². The van der Waals surface area contributed by atoms with Gasteiger partial charge in [0.2, 0.25) is 5.91 Å². The maximum Gasteiger partial charge on any atom is 0.399 e. The first-order chi connectivity index (χ1) is 17.3. The average Bonchev–Trinajstić information content (AvgIpc) is 3.60. The molecular weight excluding hydrogens is 620 g/mol. The molecule has 1 N–H and O–H groups in total. The Balaban J connectivity index is 1.77. The Morgan fingerprint density at radius 1 is 1.19 bits per heavy atom. The molecule has 0 aromatic heterocycles. The summed E-state index contributed by atoms with van der Waals surface area (Å²) in [6, 6.07) is 6.77. The minimum absolute atomic E-state index is 0.0221. The molecular formula is C25H23BrCl3F3N2O3. The first kappa shape index (κ1) is 29.8. The van der Waals surface area contributed by atoms with Crippen molar-refractivity contribution in [2.24, 2.45) is 0 Å². The fraction of sp³-hybridized carbons (Fsp3) is 0.360. The van der Waals surface area contributed by atoms with Crippen LogP contribution in [0, 0.1) is 0 Å².